The lowest BCUT2D eigenvalue weighted by Crippen LogP contribution is -2.16. The summed E-state index contributed by atoms with van der Waals surface area (Å²) >= 11 is 0. The van der Waals surface area contributed by atoms with Gasteiger partial charge in [0.05, 0.1) is 264 Å². The first kappa shape index (κ1) is 66.5. The van der Waals surface area contributed by atoms with Crippen LogP contribution in [0.2, 0.25) is 0 Å². The van der Waals surface area contributed by atoms with Crippen LogP contribution in [0.5, 0.6) is 0 Å². The monoisotopic (exact) mass is 971 g/mol. The number of carbonyl (C=O) groups is 1. The quantitative estimate of drug-likeness (QED) is 0.0515. The molecule has 0 aliphatic rings. The number of carboxylic acid groups (broad SMARTS) is 1. The molecular weight excluding hydrogens is 884 g/mol. The van der Waals surface area contributed by atoms with Crippen molar-refractivity contribution >= 4 is 5.97 Å². The summed E-state index contributed by atoms with van der Waals surface area (Å²) in [7, 11) is 0. The molecule has 0 atom stereocenters. The van der Waals surface area contributed by atoms with Crippen LogP contribution in [-0.4, -0.2) is 286 Å². The summed E-state index contributed by atoms with van der Waals surface area (Å²) in [4.78, 5) is 9.25. The van der Waals surface area contributed by atoms with Gasteiger partial charge in [-0.3, -0.25) is 0 Å². The zero-order chi connectivity index (χ0) is 48.0. The third-order valence-electron chi connectivity index (χ3n) is 7.34. The topological polar surface area (TPSA) is 253 Å². The van der Waals surface area contributed by atoms with Crippen molar-refractivity contribution in [2.75, 3.05) is 264 Å². The Balaban J connectivity index is 0. The Morgan fingerprint density at radius 2 is 0.318 bits per heavy atom. The SMILES string of the molecule is C=CC(=O)O.OCCOCCOCCOCCOCCOCCOCCOCCOCCOCCOCCOCCOCCOCCOCCOCCOCCOCCOCCOCCO. The Bertz CT molecular complexity index is 825. The van der Waals surface area contributed by atoms with E-state index in [1.54, 1.807) is 0 Å². The zero-order valence-electron chi connectivity index (χ0n) is 39.6. The molecule has 0 fully saturated rings. The number of aliphatic carboxylic acids is 1. The second-order valence-corrected chi connectivity index (χ2v) is 12.6. The Morgan fingerprint density at radius 3 is 0.379 bits per heavy atom. The molecule has 0 saturated carbocycles. The summed E-state index contributed by atoms with van der Waals surface area (Å²) in [5, 5.41) is 24.8. The van der Waals surface area contributed by atoms with E-state index in [1.165, 1.54) is 0 Å². The van der Waals surface area contributed by atoms with Crippen LogP contribution >= 0.6 is 0 Å². The molecule has 0 aliphatic carbocycles. The van der Waals surface area contributed by atoms with Gasteiger partial charge in [-0.25, -0.2) is 4.79 Å². The summed E-state index contributed by atoms with van der Waals surface area (Å²) in [5.41, 5.74) is 0. The summed E-state index contributed by atoms with van der Waals surface area (Å²) in [6, 6.07) is 0. The number of aliphatic hydroxyl groups excluding tert-OH is 2. The van der Waals surface area contributed by atoms with Crippen LogP contribution in [-0.2, 0) is 94.8 Å². The molecule has 23 nitrogen and oxygen atoms in total. The molecule has 0 bridgehead atoms. The molecule has 0 spiro atoms. The molecule has 0 unspecified atom stereocenters. The van der Waals surface area contributed by atoms with Crippen molar-refractivity contribution in [2.24, 2.45) is 0 Å². The molecule has 396 valence electrons. The normalized spacial score (nSPS) is 11.3. The second kappa shape index (κ2) is 65.5. The molecule has 0 saturated heterocycles. The van der Waals surface area contributed by atoms with Gasteiger partial charge in [-0.2, -0.15) is 0 Å². The van der Waals surface area contributed by atoms with Crippen molar-refractivity contribution in [1.29, 1.82) is 0 Å². The van der Waals surface area contributed by atoms with E-state index in [-0.39, 0.29) is 13.2 Å². The number of carboxylic acids is 1. The van der Waals surface area contributed by atoms with Gasteiger partial charge in [0, 0.05) is 6.08 Å². The highest BCUT2D eigenvalue weighted by Crippen LogP contribution is 1.89. The Hall–Kier alpha value is -1.63. The number of ether oxygens (including phenoxy) is 19. The first-order valence-electron chi connectivity index (χ1n) is 22.7. The standard InChI is InChI=1S/C40H82O21.C3H4O2/c41-1-3-43-5-7-45-9-11-47-13-15-49-17-19-51-21-23-53-25-27-55-29-31-57-33-35-59-37-39-61-40-38-60-36-34-58-32-30-56-28-26-54-24-22-52-20-18-50-16-14-48-12-10-46-8-6-44-4-2-42;1-2-3(4)5/h41-42H,1-40H2;2H,1H2,(H,4,5). The van der Waals surface area contributed by atoms with Gasteiger partial charge in [0.15, 0.2) is 0 Å². The average molecular weight is 971 g/mol. The minimum absolute atomic E-state index is 0.0196. The fraction of sp³-hybridized carbons (Fsp3) is 0.930. The summed E-state index contributed by atoms with van der Waals surface area (Å²) in [5.74, 6) is -0.981. The molecular formula is C43H86O23. The van der Waals surface area contributed by atoms with Gasteiger partial charge in [0.25, 0.3) is 0 Å². The van der Waals surface area contributed by atoms with E-state index in [9.17, 15) is 4.79 Å². The summed E-state index contributed by atoms with van der Waals surface area (Å²) in [6.07, 6.45) is 0.833. The van der Waals surface area contributed by atoms with Crippen molar-refractivity contribution in [3.05, 3.63) is 12.7 Å². The highest BCUT2D eigenvalue weighted by Gasteiger charge is 1.99. The predicted molar refractivity (Wildman–Crippen MR) is 238 cm³/mol. The Labute approximate surface area is 392 Å². The van der Waals surface area contributed by atoms with Crippen LogP contribution in [0.3, 0.4) is 0 Å². The van der Waals surface area contributed by atoms with E-state index in [4.69, 9.17) is 105 Å². The molecule has 0 aliphatic heterocycles. The maximum absolute atomic E-state index is 9.25. The van der Waals surface area contributed by atoms with Gasteiger partial charge in [-0.15, -0.1) is 0 Å². The van der Waals surface area contributed by atoms with Crippen LogP contribution in [0, 0.1) is 0 Å². The average Bonchev–Trinajstić information content (AvgIpc) is 3.32. The summed E-state index contributed by atoms with van der Waals surface area (Å²) < 4.78 is 103. The molecule has 0 aromatic heterocycles. The van der Waals surface area contributed by atoms with Crippen molar-refractivity contribution in [2.45, 2.75) is 0 Å². The first-order valence-corrected chi connectivity index (χ1v) is 22.7. The molecule has 0 rings (SSSR count). The van der Waals surface area contributed by atoms with Gasteiger partial charge in [-0.1, -0.05) is 6.58 Å². The molecule has 0 amide bonds. The highest BCUT2D eigenvalue weighted by atomic mass is 16.6. The van der Waals surface area contributed by atoms with Crippen LogP contribution in [0.1, 0.15) is 0 Å². The van der Waals surface area contributed by atoms with Crippen molar-refractivity contribution in [3.63, 3.8) is 0 Å². The smallest absolute Gasteiger partial charge is 0.327 e. The molecule has 0 heterocycles. The second-order valence-electron chi connectivity index (χ2n) is 12.6. The van der Waals surface area contributed by atoms with E-state index >= 15 is 0 Å². The molecule has 66 heavy (non-hydrogen) atoms. The fourth-order valence-corrected chi connectivity index (χ4v) is 4.19. The highest BCUT2D eigenvalue weighted by molar-refractivity contribution is 5.78. The van der Waals surface area contributed by atoms with Crippen molar-refractivity contribution < 1.29 is 110 Å². The lowest BCUT2D eigenvalue weighted by Gasteiger charge is -2.09. The van der Waals surface area contributed by atoms with Crippen molar-refractivity contribution in [3.8, 4) is 0 Å². The molecule has 0 aromatic rings. The van der Waals surface area contributed by atoms with E-state index in [0.29, 0.717) is 251 Å². The minimum atomic E-state index is -0.981. The third-order valence-corrected chi connectivity index (χ3v) is 7.34. The maximum Gasteiger partial charge on any atom is 0.327 e. The van der Waals surface area contributed by atoms with Crippen LogP contribution in [0.4, 0.5) is 0 Å². The molecule has 3 N–H and O–H groups in total. The minimum Gasteiger partial charge on any atom is -0.478 e. The number of aliphatic hydroxyl groups is 2. The lowest BCUT2D eigenvalue weighted by molar-refractivity contribution is -0.131. The Kier molecular flexibility index (Phi) is 65.9. The summed E-state index contributed by atoms with van der Waals surface area (Å²) in [6.45, 7) is 21.3. The zero-order valence-corrected chi connectivity index (χ0v) is 39.6. The fourth-order valence-electron chi connectivity index (χ4n) is 4.19. The van der Waals surface area contributed by atoms with Crippen LogP contribution < -0.4 is 0 Å². The van der Waals surface area contributed by atoms with E-state index in [1.807, 2.05) is 0 Å². The Morgan fingerprint density at radius 1 is 0.242 bits per heavy atom. The van der Waals surface area contributed by atoms with Gasteiger partial charge in [0.1, 0.15) is 0 Å². The van der Waals surface area contributed by atoms with Gasteiger partial charge in [-0.05, 0) is 0 Å². The van der Waals surface area contributed by atoms with Gasteiger partial charge >= 0.3 is 5.97 Å². The molecule has 0 aromatic carbocycles. The van der Waals surface area contributed by atoms with E-state index < -0.39 is 5.97 Å². The third kappa shape index (κ3) is 68.9. The van der Waals surface area contributed by atoms with Crippen molar-refractivity contribution in [1.82, 2.24) is 0 Å². The molecule has 23 heteroatoms. The van der Waals surface area contributed by atoms with Crippen LogP contribution in [0.25, 0.3) is 0 Å². The van der Waals surface area contributed by atoms with Crippen LogP contribution in [0.15, 0.2) is 12.7 Å². The first-order chi connectivity index (χ1) is 32.7. The number of hydrogen-bond acceptors (Lipinski definition) is 22. The van der Waals surface area contributed by atoms with Gasteiger partial charge in [0.2, 0.25) is 0 Å². The lowest BCUT2D eigenvalue weighted by atomic mass is 10.6. The van der Waals surface area contributed by atoms with E-state index in [0.717, 1.165) is 6.08 Å². The largest absolute Gasteiger partial charge is 0.478 e. The maximum atomic E-state index is 9.25. The van der Waals surface area contributed by atoms with Gasteiger partial charge < -0.3 is 105 Å². The molecule has 0 radical (unpaired) electrons. The number of hydrogen-bond donors (Lipinski definition) is 3. The van der Waals surface area contributed by atoms with E-state index in [2.05, 4.69) is 6.58 Å². The number of rotatable bonds is 59. The predicted octanol–water partition coefficient (Wildman–Crippen LogP) is -0.457.